The van der Waals surface area contributed by atoms with Gasteiger partial charge in [-0.15, -0.1) is 0 Å². The summed E-state index contributed by atoms with van der Waals surface area (Å²) in [5.74, 6) is -0.305. The van der Waals surface area contributed by atoms with Gasteiger partial charge in [-0.3, -0.25) is 4.79 Å². The Labute approximate surface area is 433 Å². The van der Waals surface area contributed by atoms with Crippen LogP contribution in [0, 0.1) is 0 Å². The standard InChI is InChI=1S/C54H93NO18/c1-3-5-7-9-11-13-15-16-17-18-19-20-22-24-26-28-30-32-42(60)55-37(38(59)31-29-27-25-23-21-14-12-10-8-6-4-2)36-68-52-48(66)45(63)50(40(34-57)70-52)73-54-49(67)46(64)51(41(35-58)71-54)72-53-47(65)44(62)43(61)39(33-56)69-53/h5,7,11,13,16-17,19-20,29,31,37-41,43-54,56-59,61-67H,3-4,6,8-10,12,14-15,18,21-28,30,32-36H2,1-2H3,(H,55,60)/b7-5-,13-11-,17-16-,20-19-,31-29+. The van der Waals surface area contributed by atoms with Crippen molar-refractivity contribution in [2.24, 2.45) is 0 Å². The van der Waals surface area contributed by atoms with Crippen molar-refractivity contribution in [3.63, 3.8) is 0 Å². The molecule has 3 fully saturated rings. The van der Waals surface area contributed by atoms with Crippen molar-refractivity contribution in [1.29, 1.82) is 0 Å². The third kappa shape index (κ3) is 23.3. The summed E-state index contributed by atoms with van der Waals surface area (Å²) < 4.78 is 34.1. The van der Waals surface area contributed by atoms with Gasteiger partial charge >= 0.3 is 0 Å². The second-order valence-corrected chi connectivity index (χ2v) is 19.3. The van der Waals surface area contributed by atoms with E-state index < -0.39 is 124 Å². The molecule has 0 radical (unpaired) electrons. The second kappa shape index (κ2) is 38.1. The maximum atomic E-state index is 13.2. The quantitative estimate of drug-likeness (QED) is 0.0315. The molecule has 422 valence electrons. The van der Waals surface area contributed by atoms with E-state index in [0.29, 0.717) is 6.42 Å². The van der Waals surface area contributed by atoms with Crippen molar-refractivity contribution < 1.29 is 89.4 Å². The van der Waals surface area contributed by atoms with Crippen molar-refractivity contribution in [1.82, 2.24) is 5.32 Å². The molecule has 73 heavy (non-hydrogen) atoms. The van der Waals surface area contributed by atoms with E-state index in [1.165, 1.54) is 38.5 Å². The molecule has 0 saturated carbocycles. The monoisotopic (exact) mass is 1040 g/mol. The number of hydrogen-bond acceptors (Lipinski definition) is 18. The molecule has 19 nitrogen and oxygen atoms in total. The van der Waals surface area contributed by atoms with Crippen molar-refractivity contribution in [3.8, 4) is 0 Å². The largest absolute Gasteiger partial charge is 0.394 e. The Morgan fingerprint density at radius 3 is 1.48 bits per heavy atom. The topological polar surface area (TPSA) is 307 Å². The summed E-state index contributed by atoms with van der Waals surface area (Å²) >= 11 is 0. The summed E-state index contributed by atoms with van der Waals surface area (Å²) in [6.07, 6.45) is 13.6. The molecule has 0 bridgehead atoms. The summed E-state index contributed by atoms with van der Waals surface area (Å²) in [7, 11) is 0. The predicted octanol–water partition coefficient (Wildman–Crippen LogP) is 2.92. The number of aliphatic hydroxyl groups excluding tert-OH is 11. The fourth-order valence-electron chi connectivity index (χ4n) is 8.83. The summed E-state index contributed by atoms with van der Waals surface area (Å²) in [5, 5.41) is 120. The molecule has 0 aromatic rings. The smallest absolute Gasteiger partial charge is 0.220 e. The fraction of sp³-hybridized carbons (Fsp3) is 0.796. The number of carbonyl (C=O) groups is 1. The van der Waals surface area contributed by atoms with Crippen LogP contribution in [-0.2, 0) is 33.2 Å². The van der Waals surface area contributed by atoms with Gasteiger partial charge < -0.3 is 89.9 Å². The van der Waals surface area contributed by atoms with Gasteiger partial charge in [-0.1, -0.05) is 139 Å². The van der Waals surface area contributed by atoms with Crippen LogP contribution in [0.5, 0.6) is 0 Å². The van der Waals surface area contributed by atoms with Gasteiger partial charge in [0.2, 0.25) is 5.91 Å². The van der Waals surface area contributed by atoms with Crippen molar-refractivity contribution in [2.45, 2.75) is 247 Å². The number of unbranched alkanes of at least 4 members (excludes halogenated alkanes) is 13. The Bertz CT molecular complexity index is 1580. The molecule has 0 spiro atoms. The van der Waals surface area contributed by atoms with Gasteiger partial charge in [0.1, 0.15) is 73.2 Å². The molecule has 17 atom stereocenters. The molecule has 3 aliphatic rings. The Morgan fingerprint density at radius 1 is 0.507 bits per heavy atom. The normalized spacial score (nSPS) is 32.2. The molecule has 17 unspecified atom stereocenters. The molecule has 0 aromatic heterocycles. The molecule has 0 aliphatic carbocycles. The van der Waals surface area contributed by atoms with E-state index in [-0.39, 0.29) is 18.9 Å². The Kier molecular flexibility index (Phi) is 33.8. The maximum absolute atomic E-state index is 13.2. The van der Waals surface area contributed by atoms with Crippen LogP contribution in [0.15, 0.2) is 60.8 Å². The zero-order chi connectivity index (χ0) is 53.4. The molecule has 0 aromatic carbocycles. The molecular formula is C54H93NO18. The Morgan fingerprint density at radius 2 is 0.945 bits per heavy atom. The van der Waals surface area contributed by atoms with E-state index in [1.54, 1.807) is 6.08 Å². The lowest BCUT2D eigenvalue weighted by atomic mass is 9.96. The number of allylic oxidation sites excluding steroid dienone is 9. The first kappa shape index (κ1) is 64.8. The van der Waals surface area contributed by atoms with Crippen LogP contribution in [0.4, 0.5) is 0 Å². The van der Waals surface area contributed by atoms with E-state index in [2.05, 4.69) is 67.8 Å². The molecule has 3 aliphatic heterocycles. The van der Waals surface area contributed by atoms with E-state index in [4.69, 9.17) is 28.4 Å². The van der Waals surface area contributed by atoms with Crippen LogP contribution in [0.1, 0.15) is 142 Å². The highest BCUT2D eigenvalue weighted by Gasteiger charge is 2.53. The highest BCUT2D eigenvalue weighted by molar-refractivity contribution is 5.76. The third-order valence-electron chi connectivity index (χ3n) is 13.3. The molecule has 3 rings (SSSR count). The number of aliphatic hydroxyl groups is 11. The summed E-state index contributed by atoms with van der Waals surface area (Å²) in [6.45, 7) is 1.53. The van der Waals surface area contributed by atoms with E-state index in [0.717, 1.165) is 77.0 Å². The first-order chi connectivity index (χ1) is 35.3. The summed E-state index contributed by atoms with van der Waals surface area (Å²) in [4.78, 5) is 13.2. The number of rotatable bonds is 37. The zero-order valence-electron chi connectivity index (χ0n) is 43.3. The van der Waals surface area contributed by atoms with Gasteiger partial charge in [0.05, 0.1) is 38.6 Å². The first-order valence-electron chi connectivity index (χ1n) is 27.0. The van der Waals surface area contributed by atoms with Gasteiger partial charge in [0.25, 0.3) is 0 Å². The van der Waals surface area contributed by atoms with Crippen LogP contribution in [0.25, 0.3) is 0 Å². The summed E-state index contributed by atoms with van der Waals surface area (Å²) in [5.41, 5.74) is 0. The van der Waals surface area contributed by atoms with Gasteiger partial charge in [0, 0.05) is 6.42 Å². The van der Waals surface area contributed by atoms with Crippen molar-refractivity contribution in [3.05, 3.63) is 60.8 Å². The fourth-order valence-corrected chi connectivity index (χ4v) is 8.83. The highest BCUT2D eigenvalue weighted by atomic mass is 16.8. The van der Waals surface area contributed by atoms with Crippen LogP contribution in [0.2, 0.25) is 0 Å². The van der Waals surface area contributed by atoms with Crippen molar-refractivity contribution >= 4 is 5.91 Å². The SMILES string of the molecule is CC/C=C\C/C=C\C/C=C\C/C=C\CCCCCCC(=O)NC(COC1OC(CO)C(OC2OC(CO)C(OC3OC(CO)C(O)C(O)C3O)C(O)C2O)C(O)C1O)C(O)/C=C/CCCCCCCCCCC. The van der Waals surface area contributed by atoms with Gasteiger partial charge in [-0.2, -0.15) is 0 Å². The molecule has 3 saturated heterocycles. The minimum Gasteiger partial charge on any atom is -0.394 e. The lowest BCUT2D eigenvalue weighted by Crippen LogP contribution is -2.66. The van der Waals surface area contributed by atoms with Crippen LogP contribution in [0.3, 0.4) is 0 Å². The minimum absolute atomic E-state index is 0.212. The third-order valence-corrected chi connectivity index (χ3v) is 13.3. The Hall–Kier alpha value is -2.51. The average Bonchev–Trinajstić information content (AvgIpc) is 3.39. The van der Waals surface area contributed by atoms with Crippen molar-refractivity contribution in [2.75, 3.05) is 26.4 Å². The number of carbonyl (C=O) groups excluding carboxylic acids is 1. The number of hydrogen-bond donors (Lipinski definition) is 12. The van der Waals surface area contributed by atoms with Gasteiger partial charge in [-0.05, 0) is 57.8 Å². The zero-order valence-corrected chi connectivity index (χ0v) is 43.3. The van der Waals surface area contributed by atoms with Crippen LogP contribution < -0.4 is 5.32 Å². The molecular weight excluding hydrogens is 951 g/mol. The first-order valence-corrected chi connectivity index (χ1v) is 27.0. The number of nitrogens with one attached hydrogen (secondary N) is 1. The van der Waals surface area contributed by atoms with E-state index >= 15 is 0 Å². The number of amides is 1. The highest BCUT2D eigenvalue weighted by Crippen LogP contribution is 2.33. The Balaban J connectivity index is 1.55. The summed E-state index contributed by atoms with van der Waals surface area (Å²) in [6, 6.07) is -0.986. The van der Waals surface area contributed by atoms with E-state index in [1.807, 2.05) is 6.08 Å². The predicted molar refractivity (Wildman–Crippen MR) is 272 cm³/mol. The van der Waals surface area contributed by atoms with Gasteiger partial charge in [-0.25, -0.2) is 0 Å². The molecule has 3 heterocycles. The molecule has 19 heteroatoms. The van der Waals surface area contributed by atoms with Crippen LogP contribution in [-0.4, -0.2) is 193 Å². The van der Waals surface area contributed by atoms with Gasteiger partial charge in [0.15, 0.2) is 18.9 Å². The molecule has 12 N–H and O–H groups in total. The van der Waals surface area contributed by atoms with Crippen LogP contribution >= 0.6 is 0 Å². The average molecular weight is 1040 g/mol. The number of ether oxygens (including phenoxy) is 6. The minimum atomic E-state index is -1.98. The maximum Gasteiger partial charge on any atom is 0.220 e. The molecule has 1 amide bonds. The lowest BCUT2D eigenvalue weighted by molar-refractivity contribution is -0.379. The second-order valence-electron chi connectivity index (χ2n) is 19.3. The van der Waals surface area contributed by atoms with E-state index in [9.17, 15) is 61.0 Å². The lowest BCUT2D eigenvalue weighted by Gasteiger charge is -2.48.